The molecule has 0 amide bonds. The van der Waals surface area contributed by atoms with Crippen molar-refractivity contribution in [1.82, 2.24) is 0 Å². The monoisotopic (exact) mass is 151 g/mol. The number of hydrogen-bond donors (Lipinski definition) is 2. The molecule has 1 aliphatic carbocycles. The van der Waals surface area contributed by atoms with Gasteiger partial charge in [0.2, 0.25) is 5.54 Å². The van der Waals surface area contributed by atoms with Crippen molar-refractivity contribution < 1.29 is 29.4 Å². The topological polar surface area (TPSA) is 64.9 Å². The summed E-state index contributed by atoms with van der Waals surface area (Å²) in [5, 5.41) is 8.43. The molecule has 1 aliphatic rings. The lowest BCUT2D eigenvalue weighted by Crippen LogP contribution is -3.00. The molecule has 0 spiro atoms. The van der Waals surface area contributed by atoms with Crippen molar-refractivity contribution in [2.24, 2.45) is 0 Å². The Morgan fingerprint density at radius 2 is 2.67 bits per heavy atom. The Hall–Kier alpha value is -0.540. The Morgan fingerprint density at radius 3 is 2.78 bits per heavy atom. The molecule has 9 heavy (non-hydrogen) atoms. The van der Waals surface area contributed by atoms with E-state index in [0.29, 0.717) is 12.0 Å². The Bertz CT molecular complexity index is 194. The van der Waals surface area contributed by atoms with Gasteiger partial charge in [0.1, 0.15) is 0 Å². The second kappa shape index (κ2) is 2.01. The van der Waals surface area contributed by atoms with Gasteiger partial charge in [0.05, 0.1) is 1.37 Å². The predicted molar refractivity (Wildman–Crippen MR) is 27.0 cm³/mol. The predicted octanol–water partition coefficient (Wildman–Crippen LogP) is -3.98. The minimum absolute atomic E-state index is 0. The Kier molecular flexibility index (Phi) is 1.47. The molecule has 0 heterocycles. The van der Waals surface area contributed by atoms with Gasteiger partial charge in [0, 0.05) is 12.0 Å². The molecule has 0 aromatic carbocycles. The van der Waals surface area contributed by atoms with Crippen molar-refractivity contribution in [3.63, 3.8) is 0 Å². The van der Waals surface area contributed by atoms with Crippen LogP contribution in [0.2, 0.25) is 0 Å². The van der Waals surface area contributed by atoms with E-state index < -0.39 is 11.5 Å². The van der Waals surface area contributed by atoms with Crippen LogP contribution in [0.15, 0.2) is 12.1 Å². The number of hydrogen-bond acceptors (Lipinski definition) is 1. The molecule has 0 aromatic heterocycles. The van der Waals surface area contributed by atoms with Crippen LogP contribution in [-0.4, -0.2) is 16.6 Å². The van der Waals surface area contributed by atoms with Crippen molar-refractivity contribution in [3.8, 4) is 0 Å². The van der Waals surface area contributed by atoms with Gasteiger partial charge < -0.3 is 23.2 Å². The molecule has 1 saturated carbocycles. The maximum absolute atomic E-state index is 10.3. The summed E-state index contributed by atoms with van der Waals surface area (Å²) in [6, 6.07) is 0. The van der Waals surface area contributed by atoms with Gasteiger partial charge in [-0.2, -0.15) is 0 Å². The van der Waals surface area contributed by atoms with Gasteiger partial charge in [0.15, 0.2) is 0 Å². The number of rotatable bonds is 1. The Balaban J connectivity index is 0.000000810. The highest BCUT2D eigenvalue weighted by molar-refractivity contribution is 5.86. The minimum Gasteiger partial charge on any atom is -1.00 e. The van der Waals surface area contributed by atoms with Crippen molar-refractivity contribution in [3.05, 3.63) is 12.1 Å². The zero-order chi connectivity index (χ0) is 7.07. The molecule has 4 heteroatoms. The number of carboxylic acids is 1. The van der Waals surface area contributed by atoms with E-state index in [1.165, 1.54) is 0 Å². The molecular weight excluding hydrogens is 142 g/mol. The third-order valence-electron chi connectivity index (χ3n) is 1.39. The lowest BCUT2D eigenvalue weighted by Gasteiger charge is -1.91. The van der Waals surface area contributed by atoms with Crippen LogP contribution in [0.25, 0.3) is 0 Å². The summed E-state index contributed by atoms with van der Waals surface area (Å²) in [7, 11) is 0. The normalized spacial score (nSPS) is 37.0. The average molecular weight is 152 g/mol. The molecular formula is C5H8ClNO2. The summed E-state index contributed by atoms with van der Waals surface area (Å²) in [5.41, 5.74) is 3.11. The second-order valence-electron chi connectivity index (χ2n) is 2.09. The molecule has 0 aliphatic heterocycles. The molecule has 1 rings (SSSR count). The molecule has 0 aromatic rings. The fourth-order valence-corrected chi connectivity index (χ4v) is 0.494. The van der Waals surface area contributed by atoms with E-state index in [1.54, 1.807) is 0 Å². The number of quaternary nitrogens is 1. The average Bonchev–Trinajstić information content (AvgIpc) is 2.44. The third-order valence-corrected chi connectivity index (χ3v) is 1.39. The zero-order valence-electron chi connectivity index (χ0n) is 5.72. The van der Waals surface area contributed by atoms with Crippen molar-refractivity contribution >= 4 is 5.97 Å². The quantitative estimate of drug-likeness (QED) is 0.376. The molecule has 1 atom stereocenters. The Labute approximate surface area is 60.4 Å². The van der Waals surface area contributed by atoms with Gasteiger partial charge in [-0.3, -0.25) is 0 Å². The van der Waals surface area contributed by atoms with Crippen LogP contribution in [0.5, 0.6) is 0 Å². The summed E-state index contributed by atoms with van der Waals surface area (Å²) < 4.78 is 6.70. The fraction of sp³-hybridized carbons (Fsp3) is 0.400. The van der Waals surface area contributed by atoms with Crippen LogP contribution in [0.4, 0.5) is 0 Å². The van der Waals surface area contributed by atoms with Crippen LogP contribution in [0.3, 0.4) is 0 Å². The molecule has 1 fully saturated rings. The first-order valence-corrected chi connectivity index (χ1v) is 2.28. The van der Waals surface area contributed by atoms with E-state index in [2.05, 4.69) is 5.73 Å². The summed E-state index contributed by atoms with van der Waals surface area (Å²) >= 11 is 0. The van der Waals surface area contributed by atoms with Crippen LogP contribution in [0.1, 0.15) is 7.79 Å². The molecule has 0 saturated heterocycles. The van der Waals surface area contributed by atoms with Crippen LogP contribution in [-0.2, 0) is 4.79 Å². The van der Waals surface area contributed by atoms with Crippen molar-refractivity contribution in [2.75, 3.05) is 0 Å². The lowest BCUT2D eigenvalue weighted by atomic mass is 10.3. The van der Waals surface area contributed by atoms with E-state index in [9.17, 15) is 4.79 Å². The summed E-state index contributed by atoms with van der Waals surface area (Å²) in [6.45, 7) is 1.07. The van der Waals surface area contributed by atoms with Crippen LogP contribution in [0, 0.1) is 0 Å². The highest BCUT2D eigenvalue weighted by Gasteiger charge is 2.56. The van der Waals surface area contributed by atoms with E-state index >= 15 is 0 Å². The number of halogens is 1. The molecule has 0 radical (unpaired) electrons. The lowest BCUT2D eigenvalue weighted by molar-refractivity contribution is -0.418. The maximum Gasteiger partial charge on any atom is 0.370 e. The smallest absolute Gasteiger partial charge is 0.370 e. The summed E-state index contributed by atoms with van der Waals surface area (Å²) in [5.74, 6) is -0.930. The standard InChI is InChI=1S/C5H7NO2.ClH/c1-3-2-5(3,6)4(7)8;/h1-2,6H2,(H,7,8);1H/i1T;. The van der Waals surface area contributed by atoms with Crippen molar-refractivity contribution in [2.45, 2.75) is 12.0 Å². The molecule has 4 N–H and O–H groups in total. The first kappa shape index (κ1) is 6.58. The van der Waals surface area contributed by atoms with Crippen LogP contribution >= 0.6 is 0 Å². The summed E-state index contributed by atoms with van der Waals surface area (Å²) in [4.78, 5) is 10.3. The van der Waals surface area contributed by atoms with Gasteiger partial charge in [-0.05, 0) is 0 Å². The Morgan fingerprint density at radius 1 is 2.11 bits per heavy atom. The van der Waals surface area contributed by atoms with E-state index in [1.807, 2.05) is 0 Å². The van der Waals surface area contributed by atoms with Gasteiger partial charge in [-0.15, -0.1) is 0 Å². The van der Waals surface area contributed by atoms with Gasteiger partial charge in [-0.25, -0.2) is 4.79 Å². The molecule has 3 nitrogen and oxygen atoms in total. The van der Waals surface area contributed by atoms with Crippen LogP contribution < -0.4 is 18.1 Å². The third kappa shape index (κ3) is 1.06. The van der Waals surface area contributed by atoms with Crippen molar-refractivity contribution in [1.29, 1.82) is 0 Å². The fourth-order valence-electron chi connectivity index (χ4n) is 0.494. The molecule has 52 valence electrons. The first-order valence-electron chi connectivity index (χ1n) is 2.85. The number of carbonyl (C=O) groups is 1. The van der Waals surface area contributed by atoms with E-state index in [4.69, 9.17) is 6.48 Å². The largest absolute Gasteiger partial charge is 1.00 e. The molecule has 1 unspecified atom stereocenters. The van der Waals surface area contributed by atoms with E-state index in [0.717, 1.165) is 6.55 Å². The van der Waals surface area contributed by atoms with Gasteiger partial charge in [0.25, 0.3) is 0 Å². The highest BCUT2D eigenvalue weighted by Crippen LogP contribution is 2.36. The first-order chi connectivity index (χ1) is 4.11. The minimum atomic E-state index is -0.943. The summed E-state index contributed by atoms with van der Waals surface area (Å²) in [6.07, 6.45) is 0.436. The second-order valence-corrected chi connectivity index (χ2v) is 2.09. The number of carboxylic acid groups (broad SMARTS) is 1. The van der Waals surface area contributed by atoms with Gasteiger partial charge in [-0.1, -0.05) is 6.55 Å². The SMILES string of the molecule is [3H]C=C1CC1([NH3+])C(=O)O.[Cl-]. The van der Waals surface area contributed by atoms with E-state index in [-0.39, 0.29) is 12.4 Å². The zero-order valence-corrected chi connectivity index (χ0v) is 5.48. The van der Waals surface area contributed by atoms with Gasteiger partial charge >= 0.3 is 5.97 Å². The number of aliphatic carboxylic acids is 1. The highest BCUT2D eigenvalue weighted by atomic mass is 35.5. The maximum atomic E-state index is 10.3. The molecule has 0 bridgehead atoms.